The van der Waals surface area contributed by atoms with Crippen molar-refractivity contribution in [3.63, 3.8) is 0 Å². The Kier molecular flexibility index (Phi) is 4.97. The lowest BCUT2D eigenvalue weighted by Crippen LogP contribution is -2.52. The minimum absolute atomic E-state index is 0.411. The normalized spacial score (nSPS) is 15.3. The summed E-state index contributed by atoms with van der Waals surface area (Å²) in [5, 5.41) is 13.7. The molecule has 1 aliphatic carbocycles. The van der Waals surface area contributed by atoms with Crippen LogP contribution in [0.25, 0.3) is 11.3 Å². The summed E-state index contributed by atoms with van der Waals surface area (Å²) in [5.74, 6) is 0. The molecule has 0 radical (unpaired) electrons. The number of anilines is 1. The van der Waals surface area contributed by atoms with Crippen molar-refractivity contribution in [2.24, 2.45) is 7.05 Å². The number of hydrogen-bond acceptors (Lipinski definition) is 3. The number of benzene rings is 2. The number of carbonyl (C=O) groups excluding carboxylic acids is 1. The Morgan fingerprint density at radius 2 is 1.87 bits per heavy atom. The number of nitrogens with zero attached hydrogens (tertiary/aromatic N) is 3. The van der Waals surface area contributed by atoms with Gasteiger partial charge in [-0.1, -0.05) is 29.5 Å². The fraction of sp³-hybridized carbons (Fsp3) is 0.286. The molecule has 30 heavy (non-hydrogen) atoms. The first-order valence-electron chi connectivity index (χ1n) is 9.49. The number of rotatable bonds is 4. The van der Waals surface area contributed by atoms with Crippen LogP contribution < -0.4 is 10.6 Å². The fourth-order valence-electron chi connectivity index (χ4n) is 3.61. The molecule has 2 aromatic carbocycles. The van der Waals surface area contributed by atoms with Crippen LogP contribution in [0.4, 0.5) is 23.7 Å². The molecule has 0 aliphatic heterocycles. The predicted molar refractivity (Wildman–Crippen MR) is 106 cm³/mol. The Bertz CT molecular complexity index is 1060. The molecule has 6 nitrogen and oxygen atoms in total. The summed E-state index contributed by atoms with van der Waals surface area (Å²) in [4.78, 5) is 12.6. The van der Waals surface area contributed by atoms with Gasteiger partial charge in [0.05, 0.1) is 17.3 Å². The molecule has 0 saturated heterocycles. The van der Waals surface area contributed by atoms with E-state index in [1.165, 1.54) is 12.1 Å². The molecule has 0 spiro atoms. The molecule has 0 unspecified atom stereocenters. The summed E-state index contributed by atoms with van der Waals surface area (Å²) in [6.07, 6.45) is -0.377. The highest BCUT2D eigenvalue weighted by Gasteiger charge is 2.40. The largest absolute Gasteiger partial charge is 0.416 e. The van der Waals surface area contributed by atoms with Crippen LogP contribution in [0.3, 0.4) is 0 Å². The number of alkyl halides is 3. The molecule has 1 heterocycles. The summed E-state index contributed by atoms with van der Waals surface area (Å²) in [6.45, 7) is 0. The number of hydrogen-bond donors (Lipinski definition) is 2. The average molecular weight is 415 g/mol. The molecular weight excluding hydrogens is 395 g/mol. The minimum atomic E-state index is -4.38. The Hall–Kier alpha value is -3.36. The maximum atomic E-state index is 12.8. The predicted octanol–water partition coefficient (Wildman–Crippen LogP) is 4.70. The second-order valence-corrected chi connectivity index (χ2v) is 7.45. The van der Waals surface area contributed by atoms with E-state index < -0.39 is 23.3 Å². The van der Waals surface area contributed by atoms with Crippen LogP contribution in [0.1, 0.15) is 30.4 Å². The highest BCUT2D eigenvalue weighted by molar-refractivity contribution is 5.90. The zero-order chi connectivity index (χ0) is 21.4. The summed E-state index contributed by atoms with van der Waals surface area (Å²) in [7, 11) is 1.77. The van der Waals surface area contributed by atoms with Gasteiger partial charge in [0.2, 0.25) is 0 Å². The maximum Gasteiger partial charge on any atom is 0.416 e. The van der Waals surface area contributed by atoms with Crippen molar-refractivity contribution in [3.05, 3.63) is 65.9 Å². The first kappa shape index (κ1) is 19.9. The van der Waals surface area contributed by atoms with Crippen LogP contribution in [-0.4, -0.2) is 21.0 Å². The summed E-state index contributed by atoms with van der Waals surface area (Å²) >= 11 is 0. The van der Waals surface area contributed by atoms with Crippen LogP contribution in [-0.2, 0) is 18.8 Å². The molecule has 2 N–H and O–H groups in total. The fourth-order valence-corrected chi connectivity index (χ4v) is 3.61. The van der Waals surface area contributed by atoms with Gasteiger partial charge in [0, 0.05) is 18.3 Å². The third kappa shape index (κ3) is 4.00. The van der Waals surface area contributed by atoms with E-state index in [0.29, 0.717) is 29.8 Å². The van der Waals surface area contributed by atoms with Crippen LogP contribution in [0.5, 0.6) is 0 Å². The van der Waals surface area contributed by atoms with Gasteiger partial charge in [0.1, 0.15) is 5.69 Å². The number of nitrogens with one attached hydrogen (secondary N) is 2. The first-order valence-corrected chi connectivity index (χ1v) is 9.49. The number of amides is 2. The zero-order valence-electron chi connectivity index (χ0n) is 16.2. The molecular formula is C21H20F3N5O. The van der Waals surface area contributed by atoms with Gasteiger partial charge < -0.3 is 10.6 Å². The van der Waals surface area contributed by atoms with Gasteiger partial charge in [-0.05, 0) is 49.1 Å². The van der Waals surface area contributed by atoms with E-state index in [4.69, 9.17) is 0 Å². The third-order valence-electron chi connectivity index (χ3n) is 5.34. The number of halogens is 3. The molecule has 1 fully saturated rings. The highest BCUT2D eigenvalue weighted by atomic mass is 19.4. The molecule has 9 heteroatoms. The molecule has 156 valence electrons. The minimum Gasteiger partial charge on any atom is -0.328 e. The highest BCUT2D eigenvalue weighted by Crippen LogP contribution is 2.42. The van der Waals surface area contributed by atoms with Gasteiger partial charge >= 0.3 is 12.2 Å². The Balaban J connectivity index is 1.48. The first-order chi connectivity index (χ1) is 14.2. The number of urea groups is 1. The SMILES string of the molecule is Cn1cc(-c2cccc(NC(=O)NC3(c4ccc(C(F)(F)F)cc4)CCC3)c2)nn1. The van der Waals surface area contributed by atoms with Crippen LogP contribution in [0, 0.1) is 0 Å². The van der Waals surface area contributed by atoms with E-state index in [-0.39, 0.29) is 0 Å². The Morgan fingerprint density at radius 3 is 2.43 bits per heavy atom. The van der Waals surface area contributed by atoms with Gasteiger partial charge in [-0.25, -0.2) is 4.79 Å². The molecule has 0 atom stereocenters. The van der Waals surface area contributed by atoms with Gasteiger partial charge in [-0.15, -0.1) is 5.10 Å². The molecule has 4 rings (SSSR count). The van der Waals surface area contributed by atoms with Gasteiger partial charge in [-0.3, -0.25) is 4.68 Å². The van der Waals surface area contributed by atoms with Crippen molar-refractivity contribution in [1.29, 1.82) is 0 Å². The van der Waals surface area contributed by atoms with E-state index in [2.05, 4.69) is 20.9 Å². The van der Waals surface area contributed by atoms with E-state index >= 15 is 0 Å². The number of carbonyl (C=O) groups is 1. The summed E-state index contributed by atoms with van der Waals surface area (Å²) < 4.78 is 40.1. The maximum absolute atomic E-state index is 12.8. The lowest BCUT2D eigenvalue weighted by atomic mass is 9.71. The monoisotopic (exact) mass is 415 g/mol. The Labute approximate surface area is 171 Å². The van der Waals surface area contributed by atoms with Crippen molar-refractivity contribution in [2.75, 3.05) is 5.32 Å². The van der Waals surface area contributed by atoms with E-state index in [1.54, 1.807) is 36.1 Å². The van der Waals surface area contributed by atoms with Crippen LogP contribution in [0.15, 0.2) is 54.7 Å². The quantitative estimate of drug-likeness (QED) is 0.649. The van der Waals surface area contributed by atoms with Crippen LogP contribution in [0.2, 0.25) is 0 Å². The average Bonchev–Trinajstić information content (AvgIpc) is 3.11. The van der Waals surface area contributed by atoms with Crippen molar-refractivity contribution in [3.8, 4) is 11.3 Å². The van der Waals surface area contributed by atoms with Gasteiger partial charge in [0.15, 0.2) is 0 Å². The molecule has 3 aromatic rings. The molecule has 1 aliphatic rings. The lowest BCUT2D eigenvalue weighted by Gasteiger charge is -2.43. The molecule has 1 aromatic heterocycles. The van der Waals surface area contributed by atoms with Crippen molar-refractivity contribution in [1.82, 2.24) is 20.3 Å². The molecule has 0 bridgehead atoms. The zero-order valence-corrected chi connectivity index (χ0v) is 16.2. The summed E-state index contributed by atoms with van der Waals surface area (Å²) in [6, 6.07) is 11.8. The topological polar surface area (TPSA) is 71.8 Å². The van der Waals surface area contributed by atoms with Crippen molar-refractivity contribution >= 4 is 11.7 Å². The molecule has 1 saturated carbocycles. The van der Waals surface area contributed by atoms with E-state index in [0.717, 1.165) is 24.1 Å². The Morgan fingerprint density at radius 1 is 1.13 bits per heavy atom. The van der Waals surface area contributed by atoms with Crippen molar-refractivity contribution in [2.45, 2.75) is 31.0 Å². The standard InChI is InChI=1S/C21H20F3N5O/c1-29-13-18(27-28-29)14-4-2-5-17(12-14)25-19(30)26-20(10-3-11-20)15-6-8-16(9-7-15)21(22,23)24/h2,4-9,12-13H,3,10-11H2,1H3,(H2,25,26,30). The van der Waals surface area contributed by atoms with Gasteiger partial charge in [0.25, 0.3) is 0 Å². The van der Waals surface area contributed by atoms with Gasteiger partial charge in [-0.2, -0.15) is 13.2 Å². The number of aryl methyl sites for hydroxylation is 1. The number of aromatic nitrogens is 3. The third-order valence-corrected chi connectivity index (χ3v) is 5.34. The second kappa shape index (κ2) is 7.47. The second-order valence-electron chi connectivity index (χ2n) is 7.45. The van der Waals surface area contributed by atoms with Crippen LogP contribution >= 0.6 is 0 Å². The van der Waals surface area contributed by atoms with Crippen molar-refractivity contribution < 1.29 is 18.0 Å². The summed E-state index contributed by atoms with van der Waals surface area (Å²) in [5.41, 5.74) is 1.38. The van der Waals surface area contributed by atoms with E-state index in [9.17, 15) is 18.0 Å². The molecule has 2 amide bonds. The lowest BCUT2D eigenvalue weighted by molar-refractivity contribution is -0.137. The smallest absolute Gasteiger partial charge is 0.328 e. The van der Waals surface area contributed by atoms with E-state index in [1.807, 2.05) is 6.07 Å².